The number of nitrogens with zero attached hydrogens (tertiary/aromatic N) is 3. The molecule has 0 atom stereocenters. The molecule has 2 amide bonds. The minimum atomic E-state index is -0.321. The van der Waals surface area contributed by atoms with Gasteiger partial charge in [-0.05, 0) is 6.92 Å². The van der Waals surface area contributed by atoms with E-state index in [2.05, 4.69) is 0 Å². The van der Waals surface area contributed by atoms with Crippen LogP contribution in [0.1, 0.15) is 16.6 Å². The standard InChI is InChI=1S/C23H23N3O3S/c1-2-29-23(28)26-15-13-25(14-16-26)22(27)20-19(17-9-5-3-6-10-17)24-21(30-20)18-11-7-4-8-12-18/h3-12H,2,13-16H2,1H3. The van der Waals surface area contributed by atoms with Crippen LogP contribution in [0.4, 0.5) is 4.79 Å². The molecule has 1 aromatic heterocycles. The second-order valence-corrected chi connectivity index (χ2v) is 7.91. The number of piperazine rings is 1. The maximum absolute atomic E-state index is 13.4. The van der Waals surface area contributed by atoms with E-state index in [1.165, 1.54) is 11.3 Å². The molecule has 30 heavy (non-hydrogen) atoms. The number of benzene rings is 2. The maximum Gasteiger partial charge on any atom is 0.409 e. The number of aromatic nitrogens is 1. The van der Waals surface area contributed by atoms with Gasteiger partial charge < -0.3 is 14.5 Å². The summed E-state index contributed by atoms with van der Waals surface area (Å²) in [5.74, 6) is -0.0444. The largest absolute Gasteiger partial charge is 0.450 e. The van der Waals surface area contributed by atoms with Crippen LogP contribution in [0.25, 0.3) is 21.8 Å². The van der Waals surface area contributed by atoms with E-state index in [0.717, 1.165) is 16.1 Å². The van der Waals surface area contributed by atoms with Crippen LogP contribution in [0, 0.1) is 0 Å². The molecular formula is C23H23N3O3S. The fraction of sp³-hybridized carbons (Fsp3) is 0.261. The Labute approximate surface area is 179 Å². The molecule has 7 heteroatoms. The van der Waals surface area contributed by atoms with Crippen molar-refractivity contribution < 1.29 is 14.3 Å². The molecule has 6 nitrogen and oxygen atoms in total. The summed E-state index contributed by atoms with van der Waals surface area (Å²) in [5, 5.41) is 0.822. The smallest absolute Gasteiger partial charge is 0.409 e. The highest BCUT2D eigenvalue weighted by Gasteiger charge is 2.29. The summed E-state index contributed by atoms with van der Waals surface area (Å²) in [6.07, 6.45) is -0.321. The van der Waals surface area contributed by atoms with Gasteiger partial charge in [0.05, 0.1) is 12.3 Å². The van der Waals surface area contributed by atoms with Crippen molar-refractivity contribution in [2.75, 3.05) is 32.8 Å². The van der Waals surface area contributed by atoms with Crippen molar-refractivity contribution in [3.63, 3.8) is 0 Å². The predicted octanol–water partition coefficient (Wildman–Crippen LogP) is 4.39. The number of carbonyl (C=O) groups excluding carboxylic acids is 2. The first kappa shape index (κ1) is 20.1. The molecule has 1 aliphatic heterocycles. The zero-order chi connectivity index (χ0) is 20.9. The van der Waals surface area contributed by atoms with E-state index >= 15 is 0 Å². The Morgan fingerprint density at radius 2 is 1.47 bits per heavy atom. The van der Waals surface area contributed by atoms with Crippen LogP contribution in [0.2, 0.25) is 0 Å². The molecule has 1 fully saturated rings. The summed E-state index contributed by atoms with van der Waals surface area (Å²) in [6, 6.07) is 19.7. The molecule has 0 unspecified atom stereocenters. The number of rotatable bonds is 4. The third-order valence-corrected chi connectivity index (χ3v) is 6.07. The highest BCUT2D eigenvalue weighted by Crippen LogP contribution is 2.34. The van der Waals surface area contributed by atoms with Crippen LogP contribution in [-0.2, 0) is 4.74 Å². The summed E-state index contributed by atoms with van der Waals surface area (Å²) in [5.41, 5.74) is 2.62. The van der Waals surface area contributed by atoms with Gasteiger partial charge in [0.2, 0.25) is 0 Å². The van der Waals surface area contributed by atoms with Crippen molar-refractivity contribution in [3.8, 4) is 21.8 Å². The van der Waals surface area contributed by atoms with Gasteiger partial charge in [-0.25, -0.2) is 9.78 Å². The van der Waals surface area contributed by atoms with Gasteiger partial charge in [-0.1, -0.05) is 60.7 Å². The first-order valence-electron chi connectivity index (χ1n) is 10.00. The second kappa shape index (κ2) is 9.09. The second-order valence-electron chi connectivity index (χ2n) is 6.91. The minimum Gasteiger partial charge on any atom is -0.450 e. The van der Waals surface area contributed by atoms with Crippen molar-refractivity contribution in [2.45, 2.75) is 6.92 Å². The fourth-order valence-electron chi connectivity index (χ4n) is 3.41. The summed E-state index contributed by atoms with van der Waals surface area (Å²) in [7, 11) is 0. The van der Waals surface area contributed by atoms with Gasteiger partial charge in [0.15, 0.2) is 0 Å². The number of thiazole rings is 1. The van der Waals surface area contributed by atoms with Gasteiger partial charge in [0.1, 0.15) is 9.88 Å². The van der Waals surface area contributed by atoms with Crippen molar-refractivity contribution in [3.05, 3.63) is 65.5 Å². The molecule has 154 valence electrons. The lowest BCUT2D eigenvalue weighted by molar-refractivity contribution is 0.0574. The summed E-state index contributed by atoms with van der Waals surface area (Å²) < 4.78 is 5.07. The van der Waals surface area contributed by atoms with Crippen LogP contribution in [-0.4, -0.2) is 59.6 Å². The van der Waals surface area contributed by atoms with Crippen molar-refractivity contribution in [2.24, 2.45) is 0 Å². The van der Waals surface area contributed by atoms with Gasteiger partial charge in [-0.2, -0.15) is 0 Å². The Balaban J connectivity index is 1.61. The average Bonchev–Trinajstić information content (AvgIpc) is 3.26. The monoisotopic (exact) mass is 421 g/mol. The lowest BCUT2D eigenvalue weighted by atomic mass is 10.1. The first-order chi connectivity index (χ1) is 14.7. The molecule has 0 bridgehead atoms. The third kappa shape index (κ3) is 4.21. The number of ether oxygens (including phenoxy) is 1. The van der Waals surface area contributed by atoms with Crippen LogP contribution < -0.4 is 0 Å². The van der Waals surface area contributed by atoms with Gasteiger partial charge in [0.25, 0.3) is 5.91 Å². The Morgan fingerprint density at radius 3 is 2.07 bits per heavy atom. The van der Waals surface area contributed by atoms with E-state index in [0.29, 0.717) is 43.4 Å². The molecule has 0 radical (unpaired) electrons. The zero-order valence-corrected chi connectivity index (χ0v) is 17.6. The van der Waals surface area contributed by atoms with E-state index in [1.807, 2.05) is 60.7 Å². The lowest BCUT2D eigenvalue weighted by Gasteiger charge is -2.33. The first-order valence-corrected chi connectivity index (χ1v) is 10.8. The Kier molecular flexibility index (Phi) is 6.09. The van der Waals surface area contributed by atoms with Crippen LogP contribution >= 0.6 is 11.3 Å². The molecule has 1 aliphatic rings. The summed E-state index contributed by atoms with van der Waals surface area (Å²) in [4.78, 5) is 34.2. The van der Waals surface area contributed by atoms with Gasteiger partial charge in [0, 0.05) is 37.3 Å². The van der Waals surface area contributed by atoms with Crippen molar-refractivity contribution >= 4 is 23.3 Å². The van der Waals surface area contributed by atoms with Gasteiger partial charge in [-0.15, -0.1) is 11.3 Å². The summed E-state index contributed by atoms with van der Waals surface area (Å²) in [6.45, 7) is 4.03. The van der Waals surface area contributed by atoms with Crippen LogP contribution in [0.15, 0.2) is 60.7 Å². The predicted molar refractivity (Wildman–Crippen MR) is 117 cm³/mol. The number of amides is 2. The molecule has 1 saturated heterocycles. The van der Waals surface area contributed by atoms with E-state index in [9.17, 15) is 9.59 Å². The molecule has 2 aromatic carbocycles. The number of carbonyl (C=O) groups is 2. The molecular weight excluding hydrogens is 398 g/mol. The molecule has 2 heterocycles. The maximum atomic E-state index is 13.4. The van der Waals surface area contributed by atoms with E-state index in [4.69, 9.17) is 9.72 Å². The Hall–Kier alpha value is -3.19. The van der Waals surface area contributed by atoms with E-state index < -0.39 is 0 Å². The molecule has 0 aliphatic carbocycles. The normalized spacial score (nSPS) is 13.9. The topological polar surface area (TPSA) is 62.7 Å². The minimum absolute atomic E-state index is 0.0444. The van der Waals surface area contributed by atoms with Crippen LogP contribution in [0.5, 0.6) is 0 Å². The Morgan fingerprint density at radius 1 is 0.900 bits per heavy atom. The van der Waals surface area contributed by atoms with Gasteiger partial charge >= 0.3 is 6.09 Å². The highest BCUT2D eigenvalue weighted by atomic mass is 32.1. The Bertz CT molecular complexity index is 1010. The number of hydrogen-bond donors (Lipinski definition) is 0. The summed E-state index contributed by atoms with van der Waals surface area (Å²) >= 11 is 1.42. The SMILES string of the molecule is CCOC(=O)N1CCN(C(=O)c2sc(-c3ccccc3)nc2-c2ccccc2)CC1. The van der Waals surface area contributed by atoms with Crippen LogP contribution in [0.3, 0.4) is 0 Å². The van der Waals surface area contributed by atoms with Gasteiger partial charge in [-0.3, -0.25) is 4.79 Å². The molecule has 3 aromatic rings. The van der Waals surface area contributed by atoms with E-state index in [1.54, 1.807) is 16.7 Å². The molecule has 0 spiro atoms. The number of hydrogen-bond acceptors (Lipinski definition) is 5. The lowest BCUT2D eigenvalue weighted by Crippen LogP contribution is -2.50. The molecule has 0 N–H and O–H groups in total. The average molecular weight is 422 g/mol. The third-order valence-electron chi connectivity index (χ3n) is 4.98. The fourth-order valence-corrected chi connectivity index (χ4v) is 4.47. The quantitative estimate of drug-likeness (QED) is 0.627. The molecule has 0 saturated carbocycles. The van der Waals surface area contributed by atoms with E-state index in [-0.39, 0.29) is 12.0 Å². The molecule has 4 rings (SSSR count). The van der Waals surface area contributed by atoms with Crippen molar-refractivity contribution in [1.82, 2.24) is 14.8 Å². The van der Waals surface area contributed by atoms with Crippen molar-refractivity contribution in [1.29, 1.82) is 0 Å². The zero-order valence-electron chi connectivity index (χ0n) is 16.8. The highest BCUT2D eigenvalue weighted by molar-refractivity contribution is 7.17.